The highest BCUT2D eigenvalue weighted by molar-refractivity contribution is 8.00. The van der Waals surface area contributed by atoms with E-state index in [2.05, 4.69) is 5.16 Å². The van der Waals surface area contributed by atoms with Crippen molar-refractivity contribution in [3.63, 3.8) is 0 Å². The molecule has 38 heavy (non-hydrogen) atoms. The number of alkyl halides is 6. The number of ether oxygens (including phenoxy) is 1. The Hall–Kier alpha value is -2.22. The Kier molecular flexibility index (Phi) is 6.60. The minimum Gasteiger partial charge on any atom is -0.374 e. The van der Waals surface area contributed by atoms with Gasteiger partial charge in [-0.1, -0.05) is 40.5 Å². The molecule has 3 aliphatic rings. The molecule has 1 atom stereocenters. The summed E-state index contributed by atoms with van der Waals surface area (Å²) >= 11 is 11.0. The number of benzene rings is 2. The molecule has 0 aromatic heterocycles. The molecule has 1 unspecified atom stereocenters. The van der Waals surface area contributed by atoms with E-state index in [0.717, 1.165) is 17.7 Å². The molecule has 0 radical (unpaired) electrons. The van der Waals surface area contributed by atoms with Crippen LogP contribution in [0.15, 0.2) is 35.5 Å². The molecular formula is C23H15Cl2F7N2O3S. The number of thioether (sulfide) groups is 1. The highest BCUT2D eigenvalue weighted by Gasteiger charge is 2.62. The van der Waals surface area contributed by atoms with Crippen molar-refractivity contribution in [3.05, 3.63) is 68.4 Å². The molecule has 3 heterocycles. The van der Waals surface area contributed by atoms with Gasteiger partial charge in [-0.25, -0.2) is 4.39 Å². The third-order valence-corrected chi connectivity index (χ3v) is 7.95. The SMILES string of the molecule is O=C(CSC(F)(F)F)N1CC2(C1)OCc1ccc(C3=NOC(c4cc(Cl)c(F)c(Cl)c4)(C(F)(F)F)C3)cc12. The van der Waals surface area contributed by atoms with Crippen LogP contribution in [0.5, 0.6) is 0 Å². The summed E-state index contributed by atoms with van der Waals surface area (Å²) in [6, 6.07) is 6.34. The lowest BCUT2D eigenvalue weighted by Gasteiger charge is -2.47. The second kappa shape index (κ2) is 9.17. The smallest absolute Gasteiger partial charge is 0.374 e. The van der Waals surface area contributed by atoms with Crippen molar-refractivity contribution in [2.24, 2.45) is 5.16 Å². The maximum absolute atomic E-state index is 14.3. The first-order valence-electron chi connectivity index (χ1n) is 10.9. The average Bonchev–Trinajstić information content (AvgIpc) is 3.42. The summed E-state index contributed by atoms with van der Waals surface area (Å²) in [6.07, 6.45) is -5.74. The molecule has 1 amide bonds. The Balaban J connectivity index is 1.38. The Morgan fingerprint density at radius 1 is 1.08 bits per heavy atom. The van der Waals surface area contributed by atoms with Gasteiger partial charge in [-0.2, -0.15) is 26.3 Å². The number of carbonyl (C=O) groups is 1. The molecule has 1 saturated heterocycles. The number of amides is 1. The van der Waals surface area contributed by atoms with Crippen LogP contribution in [-0.2, 0) is 32.2 Å². The van der Waals surface area contributed by atoms with Crippen LogP contribution in [0.1, 0.15) is 28.7 Å². The molecule has 3 aliphatic heterocycles. The quantitative estimate of drug-likeness (QED) is 0.295. The molecule has 5 nitrogen and oxygen atoms in total. The van der Waals surface area contributed by atoms with Crippen molar-refractivity contribution in [2.45, 2.75) is 35.9 Å². The number of halogens is 9. The van der Waals surface area contributed by atoms with Gasteiger partial charge in [0.15, 0.2) is 5.82 Å². The van der Waals surface area contributed by atoms with Gasteiger partial charge in [0.1, 0.15) is 5.60 Å². The summed E-state index contributed by atoms with van der Waals surface area (Å²) in [6.45, 7) is 0.169. The minimum absolute atomic E-state index is 0.00272. The van der Waals surface area contributed by atoms with Crippen molar-refractivity contribution >= 4 is 46.6 Å². The van der Waals surface area contributed by atoms with Gasteiger partial charge in [-0.3, -0.25) is 4.79 Å². The van der Waals surface area contributed by atoms with Crippen molar-refractivity contribution in [1.29, 1.82) is 0 Å². The summed E-state index contributed by atoms with van der Waals surface area (Å²) in [5.74, 6) is -2.54. The second-order valence-electron chi connectivity index (χ2n) is 9.02. The van der Waals surface area contributed by atoms with Crippen LogP contribution in [0.2, 0.25) is 10.0 Å². The van der Waals surface area contributed by atoms with Crippen LogP contribution in [0.4, 0.5) is 30.7 Å². The third-order valence-electron chi connectivity index (χ3n) is 6.68. The molecule has 0 N–H and O–H groups in total. The second-order valence-corrected chi connectivity index (χ2v) is 10.9. The maximum atomic E-state index is 14.3. The molecule has 0 saturated carbocycles. The van der Waals surface area contributed by atoms with Gasteiger partial charge in [-0.15, -0.1) is 0 Å². The van der Waals surface area contributed by atoms with Gasteiger partial charge in [-0.05, 0) is 46.7 Å². The van der Waals surface area contributed by atoms with Gasteiger partial charge in [0.25, 0.3) is 5.60 Å². The number of fused-ring (bicyclic) bond motifs is 2. The number of hydrogen-bond donors (Lipinski definition) is 0. The van der Waals surface area contributed by atoms with Crippen molar-refractivity contribution in [3.8, 4) is 0 Å². The average molecular weight is 603 g/mol. The number of nitrogens with zero attached hydrogens (tertiary/aromatic N) is 2. The Labute approximate surface area is 224 Å². The molecule has 15 heteroatoms. The van der Waals surface area contributed by atoms with E-state index < -0.39 is 74.2 Å². The summed E-state index contributed by atoms with van der Waals surface area (Å²) in [4.78, 5) is 18.3. The zero-order valence-electron chi connectivity index (χ0n) is 18.9. The summed E-state index contributed by atoms with van der Waals surface area (Å²) in [5.41, 5.74) is -7.45. The third kappa shape index (κ3) is 4.61. The Bertz CT molecular complexity index is 1320. The first-order chi connectivity index (χ1) is 17.6. The predicted molar refractivity (Wildman–Crippen MR) is 124 cm³/mol. The topological polar surface area (TPSA) is 51.1 Å². The molecule has 2 aromatic rings. The van der Waals surface area contributed by atoms with Crippen LogP contribution in [-0.4, -0.2) is 47.0 Å². The molecule has 2 aromatic carbocycles. The Morgan fingerprint density at radius 3 is 2.34 bits per heavy atom. The summed E-state index contributed by atoms with van der Waals surface area (Å²) in [5, 5.41) is 2.48. The van der Waals surface area contributed by atoms with Gasteiger partial charge >= 0.3 is 11.7 Å². The van der Waals surface area contributed by atoms with Crippen molar-refractivity contribution in [2.75, 3.05) is 18.8 Å². The van der Waals surface area contributed by atoms with Gasteiger partial charge in [0, 0.05) is 12.0 Å². The van der Waals surface area contributed by atoms with E-state index in [9.17, 15) is 35.5 Å². The van der Waals surface area contributed by atoms with E-state index in [1.54, 1.807) is 18.2 Å². The van der Waals surface area contributed by atoms with Crippen LogP contribution < -0.4 is 0 Å². The first kappa shape index (κ1) is 27.4. The minimum atomic E-state index is -4.98. The number of rotatable bonds is 4. The van der Waals surface area contributed by atoms with Crippen LogP contribution >= 0.6 is 35.0 Å². The van der Waals surface area contributed by atoms with Crippen LogP contribution in [0, 0.1) is 5.82 Å². The first-order valence-corrected chi connectivity index (χ1v) is 12.6. The highest BCUT2D eigenvalue weighted by atomic mass is 35.5. The van der Waals surface area contributed by atoms with Gasteiger partial charge in [0.05, 0.1) is 41.2 Å². The lowest BCUT2D eigenvalue weighted by atomic mass is 9.82. The normalized spacial score (nSPS) is 22.2. The fourth-order valence-corrected chi connectivity index (χ4v) is 5.65. The number of likely N-dealkylation sites (tertiary alicyclic amines) is 1. The van der Waals surface area contributed by atoms with Crippen molar-refractivity contribution < 1.29 is 45.1 Å². The number of hydrogen-bond acceptors (Lipinski definition) is 5. The van der Waals surface area contributed by atoms with E-state index in [1.807, 2.05) is 0 Å². The summed E-state index contributed by atoms with van der Waals surface area (Å²) in [7, 11) is 0. The zero-order chi connectivity index (χ0) is 27.7. The molecule has 0 bridgehead atoms. The highest BCUT2D eigenvalue weighted by Crippen LogP contribution is 2.51. The van der Waals surface area contributed by atoms with Crippen LogP contribution in [0.3, 0.4) is 0 Å². The molecule has 1 spiro atoms. The predicted octanol–water partition coefficient (Wildman–Crippen LogP) is 6.54. The molecule has 0 aliphatic carbocycles. The fourth-order valence-electron chi connectivity index (χ4n) is 4.69. The van der Waals surface area contributed by atoms with E-state index in [1.165, 1.54) is 4.90 Å². The number of carbonyl (C=O) groups excluding carboxylic acids is 1. The monoisotopic (exact) mass is 602 g/mol. The van der Waals surface area contributed by atoms with Crippen LogP contribution in [0.25, 0.3) is 0 Å². The van der Waals surface area contributed by atoms with Gasteiger partial charge in [0.2, 0.25) is 5.91 Å². The molecule has 1 fully saturated rings. The Morgan fingerprint density at radius 2 is 1.74 bits per heavy atom. The standard InChI is InChI=1S/C23H15Cl2F7N2O3S/c24-15-4-13(5-16(25)19(15)26)21(22(27,28)29)6-17(33-37-21)11-1-2-12-7-36-20(14(12)3-11)9-34(10-20)18(35)8-38-23(30,31)32/h1-5H,6-10H2. The van der Waals surface area contributed by atoms with Crippen molar-refractivity contribution in [1.82, 2.24) is 4.90 Å². The molecule has 5 rings (SSSR count). The maximum Gasteiger partial charge on any atom is 0.442 e. The fraction of sp³-hybridized carbons (Fsp3) is 0.391. The van der Waals surface area contributed by atoms with E-state index in [-0.39, 0.29) is 31.0 Å². The largest absolute Gasteiger partial charge is 0.442 e. The molecule has 204 valence electrons. The molecular weight excluding hydrogens is 588 g/mol. The summed E-state index contributed by atoms with van der Waals surface area (Å²) < 4.78 is 99.9. The van der Waals surface area contributed by atoms with E-state index in [4.69, 9.17) is 32.8 Å². The van der Waals surface area contributed by atoms with E-state index in [0.29, 0.717) is 5.56 Å². The zero-order valence-corrected chi connectivity index (χ0v) is 21.2. The lowest BCUT2D eigenvalue weighted by Crippen LogP contribution is -2.61. The van der Waals surface area contributed by atoms with Gasteiger partial charge < -0.3 is 14.5 Å². The lowest BCUT2D eigenvalue weighted by molar-refractivity contribution is -0.275. The number of oxime groups is 1. The van der Waals surface area contributed by atoms with E-state index >= 15 is 0 Å².